The average Bonchev–Trinajstić information content (AvgIpc) is 3.07. The Morgan fingerprint density at radius 1 is 1.06 bits per heavy atom. The number of nitrogens with zero attached hydrogens (tertiary/aromatic N) is 3. The molecular formula is C23H20ClN3O4S. The molecule has 0 N–H and O–H groups in total. The Bertz CT molecular complexity index is 1250. The molecule has 9 heteroatoms. The molecule has 2 heterocycles. The number of hydrogen-bond acceptors (Lipinski definition) is 5. The van der Waals surface area contributed by atoms with Crippen LogP contribution in [0.25, 0.3) is 0 Å². The lowest BCUT2D eigenvalue weighted by Crippen LogP contribution is -2.45. The normalized spacial score (nSPS) is 16.7. The third-order valence-corrected chi connectivity index (χ3v) is 7.36. The van der Waals surface area contributed by atoms with Gasteiger partial charge in [-0.1, -0.05) is 35.4 Å². The highest BCUT2D eigenvalue weighted by Crippen LogP contribution is 2.31. The zero-order valence-electron chi connectivity index (χ0n) is 17.2. The summed E-state index contributed by atoms with van der Waals surface area (Å²) in [5, 5.41) is 0.463. The van der Waals surface area contributed by atoms with E-state index in [0.717, 1.165) is 14.8 Å². The van der Waals surface area contributed by atoms with Gasteiger partial charge in [-0.05, 0) is 55.0 Å². The minimum atomic E-state index is -4.08. The number of rotatable bonds is 6. The van der Waals surface area contributed by atoms with E-state index in [1.807, 2.05) is 6.92 Å². The standard InChI is InChI=1S/C23H20ClN3O4S/c1-16-4-10-20(11-5-16)32(30,31)26(15-17-3-2-12-25-14-17)21-13-22(28)27(23(21)29)19-8-6-18(24)7-9-19/h2-12,14,21H,13,15H2,1H3. The number of pyridine rings is 1. The van der Waals surface area contributed by atoms with Crippen LogP contribution in [0.15, 0.2) is 78.0 Å². The minimum absolute atomic E-state index is 0.0529. The molecule has 0 radical (unpaired) electrons. The molecule has 2 amide bonds. The minimum Gasteiger partial charge on any atom is -0.274 e. The molecule has 1 aliphatic heterocycles. The van der Waals surface area contributed by atoms with E-state index in [9.17, 15) is 18.0 Å². The van der Waals surface area contributed by atoms with E-state index in [1.165, 1.54) is 18.3 Å². The largest absolute Gasteiger partial charge is 0.274 e. The second-order valence-electron chi connectivity index (χ2n) is 7.49. The molecule has 1 unspecified atom stereocenters. The summed E-state index contributed by atoms with van der Waals surface area (Å²) in [7, 11) is -4.08. The SMILES string of the molecule is Cc1ccc(S(=O)(=O)N(Cc2cccnc2)C2CC(=O)N(c3ccc(Cl)cc3)C2=O)cc1. The predicted octanol–water partition coefficient (Wildman–Crippen LogP) is 3.57. The fraction of sp³-hybridized carbons (Fsp3) is 0.174. The first kappa shape index (κ1) is 22.1. The number of amides is 2. The van der Waals surface area contributed by atoms with Crippen molar-refractivity contribution in [3.63, 3.8) is 0 Å². The van der Waals surface area contributed by atoms with Gasteiger partial charge in [0.15, 0.2) is 0 Å². The maximum atomic E-state index is 13.6. The summed E-state index contributed by atoms with van der Waals surface area (Å²) in [6.45, 7) is 1.76. The number of aryl methyl sites for hydroxylation is 1. The van der Waals surface area contributed by atoms with Crippen molar-refractivity contribution in [3.8, 4) is 0 Å². The lowest BCUT2D eigenvalue weighted by Gasteiger charge is -2.27. The van der Waals surface area contributed by atoms with Gasteiger partial charge in [-0.25, -0.2) is 13.3 Å². The van der Waals surface area contributed by atoms with E-state index < -0.39 is 27.9 Å². The molecule has 7 nitrogen and oxygen atoms in total. The molecule has 1 fully saturated rings. The Balaban J connectivity index is 1.74. The van der Waals surface area contributed by atoms with E-state index in [-0.39, 0.29) is 17.9 Å². The van der Waals surface area contributed by atoms with Crippen LogP contribution in [-0.2, 0) is 26.2 Å². The molecule has 3 aromatic rings. The number of sulfonamides is 1. The van der Waals surface area contributed by atoms with E-state index in [4.69, 9.17) is 11.6 Å². The van der Waals surface area contributed by atoms with E-state index in [1.54, 1.807) is 54.7 Å². The van der Waals surface area contributed by atoms with Gasteiger partial charge in [0.2, 0.25) is 15.9 Å². The van der Waals surface area contributed by atoms with Gasteiger partial charge in [-0.15, -0.1) is 0 Å². The molecular weight excluding hydrogens is 450 g/mol. The first-order valence-electron chi connectivity index (χ1n) is 9.87. The highest BCUT2D eigenvalue weighted by Gasteiger charge is 2.47. The van der Waals surface area contributed by atoms with Crippen molar-refractivity contribution in [1.82, 2.24) is 9.29 Å². The van der Waals surface area contributed by atoms with E-state index in [0.29, 0.717) is 16.3 Å². The first-order valence-corrected chi connectivity index (χ1v) is 11.7. The fourth-order valence-corrected chi connectivity index (χ4v) is 5.28. The van der Waals surface area contributed by atoms with Crippen LogP contribution in [0.1, 0.15) is 17.5 Å². The van der Waals surface area contributed by atoms with Crippen molar-refractivity contribution in [2.24, 2.45) is 0 Å². The quantitative estimate of drug-likeness (QED) is 0.515. The topological polar surface area (TPSA) is 87.7 Å². The smallest absolute Gasteiger partial charge is 0.252 e. The summed E-state index contributed by atoms with van der Waals surface area (Å²) in [6.07, 6.45) is 2.86. The van der Waals surface area contributed by atoms with Crippen LogP contribution >= 0.6 is 11.6 Å². The molecule has 0 aliphatic carbocycles. The number of carbonyl (C=O) groups excluding carboxylic acids is 2. The van der Waals surface area contributed by atoms with Gasteiger partial charge >= 0.3 is 0 Å². The number of anilines is 1. The molecule has 1 aliphatic rings. The van der Waals surface area contributed by atoms with Crippen molar-refractivity contribution in [2.45, 2.75) is 30.8 Å². The molecule has 164 valence electrons. The van der Waals surface area contributed by atoms with E-state index in [2.05, 4.69) is 4.98 Å². The molecule has 0 bridgehead atoms. The predicted molar refractivity (Wildman–Crippen MR) is 120 cm³/mol. The number of imide groups is 1. The monoisotopic (exact) mass is 469 g/mol. The summed E-state index contributed by atoms with van der Waals surface area (Å²) < 4.78 is 28.3. The molecule has 32 heavy (non-hydrogen) atoms. The van der Waals surface area contributed by atoms with Gasteiger partial charge in [0.05, 0.1) is 17.0 Å². The molecule has 0 saturated carbocycles. The zero-order chi connectivity index (χ0) is 22.9. The maximum Gasteiger partial charge on any atom is 0.252 e. The molecule has 1 atom stereocenters. The van der Waals surface area contributed by atoms with Crippen LogP contribution in [0.5, 0.6) is 0 Å². The molecule has 2 aromatic carbocycles. The van der Waals surface area contributed by atoms with E-state index >= 15 is 0 Å². The van der Waals surface area contributed by atoms with Crippen molar-refractivity contribution in [3.05, 3.63) is 89.2 Å². The lowest BCUT2D eigenvalue weighted by atomic mass is 10.2. The third-order valence-electron chi connectivity index (χ3n) is 5.24. The van der Waals surface area contributed by atoms with Crippen molar-refractivity contribution in [2.75, 3.05) is 4.90 Å². The van der Waals surface area contributed by atoms with Gasteiger partial charge in [0.1, 0.15) is 6.04 Å². The van der Waals surface area contributed by atoms with Crippen LogP contribution in [0.3, 0.4) is 0 Å². The lowest BCUT2D eigenvalue weighted by molar-refractivity contribution is -0.122. The first-order chi connectivity index (χ1) is 15.3. The molecule has 1 saturated heterocycles. The van der Waals surface area contributed by atoms with Gasteiger partial charge in [0.25, 0.3) is 5.91 Å². The van der Waals surface area contributed by atoms with Crippen LogP contribution in [0.4, 0.5) is 5.69 Å². The fourth-order valence-electron chi connectivity index (χ4n) is 3.58. The summed E-state index contributed by atoms with van der Waals surface area (Å²) >= 11 is 5.92. The van der Waals surface area contributed by atoms with Crippen molar-refractivity contribution < 1.29 is 18.0 Å². The average molecular weight is 470 g/mol. The summed E-state index contributed by atoms with van der Waals surface area (Å²) in [5.41, 5.74) is 1.86. The maximum absolute atomic E-state index is 13.6. The third kappa shape index (κ3) is 4.29. The zero-order valence-corrected chi connectivity index (χ0v) is 18.8. The van der Waals surface area contributed by atoms with Crippen molar-refractivity contribution >= 4 is 39.1 Å². The summed E-state index contributed by atoms with van der Waals surface area (Å²) in [5.74, 6) is -1.07. The van der Waals surface area contributed by atoms with Crippen LogP contribution < -0.4 is 4.90 Å². The van der Waals surface area contributed by atoms with Crippen LogP contribution in [-0.4, -0.2) is 35.6 Å². The van der Waals surface area contributed by atoms with Gasteiger partial charge in [0, 0.05) is 24.0 Å². The molecule has 1 aromatic heterocycles. The summed E-state index contributed by atoms with van der Waals surface area (Å²) in [6, 6.07) is 14.9. The Hall–Kier alpha value is -3.07. The highest BCUT2D eigenvalue weighted by atomic mass is 35.5. The van der Waals surface area contributed by atoms with Gasteiger partial charge < -0.3 is 0 Å². The number of carbonyl (C=O) groups is 2. The second-order valence-corrected chi connectivity index (χ2v) is 9.82. The van der Waals surface area contributed by atoms with Gasteiger partial charge in [-0.2, -0.15) is 4.31 Å². The number of hydrogen-bond donors (Lipinski definition) is 0. The van der Waals surface area contributed by atoms with Crippen molar-refractivity contribution in [1.29, 1.82) is 0 Å². The second kappa shape index (κ2) is 8.82. The Morgan fingerprint density at radius 3 is 2.38 bits per heavy atom. The van der Waals surface area contributed by atoms with Crippen LogP contribution in [0.2, 0.25) is 5.02 Å². The highest BCUT2D eigenvalue weighted by molar-refractivity contribution is 7.89. The molecule has 4 rings (SSSR count). The Morgan fingerprint density at radius 2 is 1.75 bits per heavy atom. The summed E-state index contributed by atoms with van der Waals surface area (Å²) in [4.78, 5) is 31.2. The number of aromatic nitrogens is 1. The Labute approximate surface area is 191 Å². The van der Waals surface area contributed by atoms with Gasteiger partial charge in [-0.3, -0.25) is 14.6 Å². The number of halogens is 1. The van der Waals surface area contributed by atoms with Crippen LogP contribution in [0, 0.1) is 6.92 Å². The Kier molecular flexibility index (Phi) is 6.10. The molecule has 0 spiro atoms. The number of benzene rings is 2.